The van der Waals surface area contributed by atoms with Crippen LogP contribution in [0.15, 0.2) is 30.3 Å². The first kappa shape index (κ1) is 16.8. The normalized spacial score (nSPS) is 14.2. The predicted octanol–water partition coefficient (Wildman–Crippen LogP) is 3.76. The van der Waals surface area contributed by atoms with Crippen molar-refractivity contribution in [2.45, 2.75) is 0 Å². The van der Waals surface area contributed by atoms with Crippen LogP contribution in [0.1, 0.15) is 11.1 Å². The summed E-state index contributed by atoms with van der Waals surface area (Å²) in [7, 11) is 2.82. The molecule has 2 aromatic carbocycles. The maximum atomic E-state index is 12.3. The summed E-state index contributed by atoms with van der Waals surface area (Å²) in [6.07, 6.45) is 1.44. The Bertz CT molecular complexity index is 923. The van der Waals surface area contributed by atoms with E-state index in [4.69, 9.17) is 21.1 Å². The van der Waals surface area contributed by atoms with E-state index in [-0.39, 0.29) is 28.5 Å². The number of halogens is 1. The quantitative estimate of drug-likeness (QED) is 0.509. The average molecular weight is 361 g/mol. The Morgan fingerprint density at radius 3 is 2.48 bits per heavy atom. The number of benzene rings is 2. The summed E-state index contributed by atoms with van der Waals surface area (Å²) in [4.78, 5) is 23.1. The third-order valence-electron chi connectivity index (χ3n) is 3.79. The van der Waals surface area contributed by atoms with Crippen LogP contribution in [0.4, 0.5) is 11.4 Å². The summed E-state index contributed by atoms with van der Waals surface area (Å²) in [5.74, 6) is 0.196. The van der Waals surface area contributed by atoms with Gasteiger partial charge in [-0.25, -0.2) is 0 Å². The second-order valence-corrected chi connectivity index (χ2v) is 5.66. The number of hydrogen-bond donors (Lipinski definition) is 1. The van der Waals surface area contributed by atoms with Crippen molar-refractivity contribution in [1.82, 2.24) is 0 Å². The molecule has 2 aromatic rings. The molecule has 1 heterocycles. The monoisotopic (exact) mass is 360 g/mol. The maximum absolute atomic E-state index is 12.3. The number of rotatable bonds is 4. The number of nitro groups is 1. The zero-order valence-electron chi connectivity index (χ0n) is 13.3. The summed E-state index contributed by atoms with van der Waals surface area (Å²) < 4.78 is 10.3. The number of anilines is 1. The molecule has 1 amide bonds. The van der Waals surface area contributed by atoms with Gasteiger partial charge in [-0.2, -0.15) is 0 Å². The number of methoxy groups -OCH3 is 2. The number of carbonyl (C=O) groups is 1. The van der Waals surface area contributed by atoms with Gasteiger partial charge in [-0.3, -0.25) is 14.9 Å². The molecule has 0 aromatic heterocycles. The van der Waals surface area contributed by atoms with Gasteiger partial charge in [0, 0.05) is 21.8 Å². The number of carbonyl (C=O) groups excluding carboxylic acids is 1. The first-order chi connectivity index (χ1) is 11.9. The van der Waals surface area contributed by atoms with Gasteiger partial charge in [-0.05, 0) is 30.3 Å². The number of nitrogens with one attached hydrogen (secondary N) is 1. The average Bonchev–Trinajstić information content (AvgIpc) is 2.89. The predicted molar refractivity (Wildman–Crippen MR) is 94.2 cm³/mol. The lowest BCUT2D eigenvalue weighted by Gasteiger charge is -2.09. The van der Waals surface area contributed by atoms with Crippen LogP contribution in [0.25, 0.3) is 11.6 Å². The highest BCUT2D eigenvalue weighted by molar-refractivity contribution is 6.36. The van der Waals surface area contributed by atoms with Crippen molar-refractivity contribution in [3.8, 4) is 11.5 Å². The van der Waals surface area contributed by atoms with Crippen LogP contribution in [0, 0.1) is 10.1 Å². The van der Waals surface area contributed by atoms with Gasteiger partial charge < -0.3 is 14.8 Å². The molecule has 3 rings (SSSR count). The molecule has 8 heteroatoms. The zero-order chi connectivity index (χ0) is 18.1. The zero-order valence-corrected chi connectivity index (χ0v) is 14.1. The molecule has 128 valence electrons. The van der Waals surface area contributed by atoms with E-state index in [1.54, 1.807) is 18.2 Å². The minimum absolute atomic E-state index is 0.201. The molecule has 1 N–H and O–H groups in total. The summed E-state index contributed by atoms with van der Waals surface area (Å²) in [5, 5.41) is 14.6. The molecule has 0 bridgehead atoms. The summed E-state index contributed by atoms with van der Waals surface area (Å²) in [6, 6.07) is 7.69. The molecule has 0 fully saturated rings. The number of ether oxygens (including phenoxy) is 2. The standard InChI is InChI=1S/C17H13ClN2O5/c1-24-15-6-9(14(20(22)23)8-16(15)25-2)5-12-11-7-10(18)3-4-13(11)19-17(12)21/h3-8H,1-2H3,(H,19,21). The van der Waals surface area contributed by atoms with Gasteiger partial charge in [-0.15, -0.1) is 0 Å². The summed E-state index contributed by atoms with van der Waals surface area (Å²) in [5.41, 5.74) is 1.49. The smallest absolute Gasteiger partial charge is 0.280 e. The molecule has 1 aliphatic heterocycles. The Balaban J connectivity index is 2.20. The minimum Gasteiger partial charge on any atom is -0.493 e. The third-order valence-corrected chi connectivity index (χ3v) is 4.03. The Morgan fingerprint density at radius 1 is 1.16 bits per heavy atom. The Labute approximate surface area is 148 Å². The molecule has 0 radical (unpaired) electrons. The fraction of sp³-hybridized carbons (Fsp3) is 0.118. The van der Waals surface area contributed by atoms with Crippen LogP contribution in [0.3, 0.4) is 0 Å². The second kappa shape index (κ2) is 6.45. The lowest BCUT2D eigenvalue weighted by Crippen LogP contribution is -2.04. The first-order valence-corrected chi connectivity index (χ1v) is 7.55. The van der Waals surface area contributed by atoms with Gasteiger partial charge in [0.1, 0.15) is 0 Å². The van der Waals surface area contributed by atoms with Crippen molar-refractivity contribution < 1.29 is 19.2 Å². The third kappa shape index (κ3) is 3.01. The van der Waals surface area contributed by atoms with Crippen molar-refractivity contribution in [2.24, 2.45) is 0 Å². The topological polar surface area (TPSA) is 90.7 Å². The Kier molecular flexibility index (Phi) is 4.33. The van der Waals surface area contributed by atoms with Gasteiger partial charge in [0.15, 0.2) is 11.5 Å². The first-order valence-electron chi connectivity index (χ1n) is 7.18. The van der Waals surface area contributed by atoms with Gasteiger partial charge in [0.2, 0.25) is 0 Å². The molecule has 0 aliphatic carbocycles. The van der Waals surface area contributed by atoms with Crippen LogP contribution >= 0.6 is 11.6 Å². The molecule has 0 atom stereocenters. The number of fused-ring (bicyclic) bond motifs is 1. The highest BCUT2D eigenvalue weighted by Gasteiger charge is 2.26. The highest BCUT2D eigenvalue weighted by Crippen LogP contribution is 2.39. The van der Waals surface area contributed by atoms with Crippen molar-refractivity contribution in [3.05, 3.63) is 56.6 Å². The van der Waals surface area contributed by atoms with E-state index in [9.17, 15) is 14.9 Å². The summed E-state index contributed by atoms with van der Waals surface area (Å²) in [6.45, 7) is 0. The van der Waals surface area contributed by atoms with E-state index < -0.39 is 4.92 Å². The molecular weight excluding hydrogens is 348 g/mol. The largest absolute Gasteiger partial charge is 0.493 e. The molecule has 1 aliphatic rings. The van der Waals surface area contributed by atoms with Gasteiger partial charge >= 0.3 is 0 Å². The maximum Gasteiger partial charge on any atom is 0.280 e. The van der Waals surface area contributed by atoms with Crippen molar-refractivity contribution in [1.29, 1.82) is 0 Å². The van der Waals surface area contributed by atoms with Gasteiger partial charge in [-0.1, -0.05) is 11.6 Å². The lowest BCUT2D eigenvalue weighted by atomic mass is 10.0. The number of nitro benzene ring substituents is 1. The molecule has 25 heavy (non-hydrogen) atoms. The lowest BCUT2D eigenvalue weighted by molar-refractivity contribution is -0.385. The van der Waals surface area contributed by atoms with Crippen molar-refractivity contribution >= 4 is 40.5 Å². The fourth-order valence-electron chi connectivity index (χ4n) is 2.62. The highest BCUT2D eigenvalue weighted by atomic mass is 35.5. The van der Waals surface area contributed by atoms with E-state index >= 15 is 0 Å². The molecular formula is C17H13ClN2O5. The SMILES string of the molecule is COc1cc(C=C2C(=O)Nc3ccc(Cl)cc32)c([N+](=O)[O-])cc1OC. The molecule has 7 nitrogen and oxygen atoms in total. The van der Waals surface area contributed by atoms with Crippen molar-refractivity contribution in [3.63, 3.8) is 0 Å². The van der Waals surface area contributed by atoms with Gasteiger partial charge in [0.05, 0.1) is 30.8 Å². The van der Waals surface area contributed by atoms with E-state index in [0.29, 0.717) is 22.0 Å². The Morgan fingerprint density at radius 2 is 1.84 bits per heavy atom. The molecule has 0 unspecified atom stereocenters. The molecule has 0 spiro atoms. The fourth-order valence-corrected chi connectivity index (χ4v) is 2.79. The Hall–Kier alpha value is -3.06. The summed E-state index contributed by atoms with van der Waals surface area (Å²) >= 11 is 6.00. The number of nitrogens with zero attached hydrogens (tertiary/aromatic N) is 1. The number of hydrogen-bond acceptors (Lipinski definition) is 5. The minimum atomic E-state index is -0.542. The van der Waals surface area contributed by atoms with E-state index in [1.165, 1.54) is 32.4 Å². The van der Waals surface area contributed by atoms with Crippen LogP contribution in [-0.4, -0.2) is 25.1 Å². The van der Waals surface area contributed by atoms with Crippen LogP contribution in [-0.2, 0) is 4.79 Å². The van der Waals surface area contributed by atoms with E-state index in [0.717, 1.165) is 0 Å². The van der Waals surface area contributed by atoms with Gasteiger partial charge in [0.25, 0.3) is 11.6 Å². The molecule has 0 saturated heterocycles. The van der Waals surface area contributed by atoms with Crippen molar-refractivity contribution in [2.75, 3.05) is 19.5 Å². The van der Waals surface area contributed by atoms with E-state index in [1.807, 2.05) is 0 Å². The van der Waals surface area contributed by atoms with Crippen LogP contribution < -0.4 is 14.8 Å². The molecule has 0 saturated carbocycles. The van der Waals surface area contributed by atoms with E-state index in [2.05, 4.69) is 5.32 Å². The second-order valence-electron chi connectivity index (χ2n) is 5.23. The van der Waals surface area contributed by atoms with Crippen LogP contribution in [0.2, 0.25) is 5.02 Å². The number of amides is 1. The van der Waals surface area contributed by atoms with Crippen LogP contribution in [0.5, 0.6) is 11.5 Å².